The molecular formula is C24H28N6O2. The number of rotatable bonds is 5. The van der Waals surface area contributed by atoms with E-state index in [4.69, 9.17) is 0 Å². The number of nitrogens with zero attached hydrogens (tertiary/aromatic N) is 5. The molecule has 0 bridgehead atoms. The normalized spacial score (nSPS) is 16.7. The number of nitrogens with one attached hydrogen (secondary N) is 1. The van der Waals surface area contributed by atoms with Crippen LogP contribution in [0.3, 0.4) is 0 Å². The highest BCUT2D eigenvalue weighted by Gasteiger charge is 2.25. The standard InChI is InChI=1S/C24H28N6O2/c31-22(11-14-30-16-27-21-8-4-2-6-19(21)24(30)32)28-17-9-12-29(13-10-17)23-18-5-1-3-7-20(18)25-15-26-23/h2,4,6,8,15-17H,1,3,5,7,9-14H2,(H,28,31). The van der Waals surface area contributed by atoms with Crippen LogP contribution in [0.15, 0.2) is 41.7 Å². The Balaban J connectivity index is 1.15. The molecule has 3 heterocycles. The second-order valence-electron chi connectivity index (χ2n) is 8.67. The number of hydrogen-bond donors (Lipinski definition) is 1. The molecule has 1 aliphatic carbocycles. The molecule has 2 aromatic heterocycles. The molecule has 1 aliphatic heterocycles. The molecule has 0 saturated carbocycles. The minimum atomic E-state index is -0.107. The van der Waals surface area contributed by atoms with Crippen LogP contribution in [-0.2, 0) is 24.2 Å². The summed E-state index contributed by atoms with van der Waals surface area (Å²) in [6.45, 7) is 2.08. The average molecular weight is 433 g/mol. The highest BCUT2D eigenvalue weighted by molar-refractivity contribution is 5.77. The summed E-state index contributed by atoms with van der Waals surface area (Å²) in [7, 11) is 0. The maximum Gasteiger partial charge on any atom is 0.261 e. The maximum atomic E-state index is 12.6. The fourth-order valence-corrected chi connectivity index (χ4v) is 4.80. The molecule has 1 saturated heterocycles. The lowest BCUT2D eigenvalue weighted by atomic mass is 9.95. The summed E-state index contributed by atoms with van der Waals surface area (Å²) >= 11 is 0. The Hall–Kier alpha value is -3.29. The number of aromatic nitrogens is 4. The van der Waals surface area contributed by atoms with Gasteiger partial charge in [-0.05, 0) is 50.7 Å². The lowest BCUT2D eigenvalue weighted by Crippen LogP contribution is -2.45. The van der Waals surface area contributed by atoms with Crippen LogP contribution in [0.4, 0.5) is 5.82 Å². The molecule has 1 fully saturated rings. The van der Waals surface area contributed by atoms with Crippen molar-refractivity contribution in [2.24, 2.45) is 0 Å². The van der Waals surface area contributed by atoms with Crippen molar-refractivity contribution in [1.82, 2.24) is 24.8 Å². The van der Waals surface area contributed by atoms with Gasteiger partial charge in [0.1, 0.15) is 12.1 Å². The van der Waals surface area contributed by atoms with E-state index in [0.29, 0.717) is 17.4 Å². The predicted octanol–water partition coefficient (Wildman–Crippen LogP) is 2.24. The minimum Gasteiger partial charge on any atom is -0.356 e. The van der Waals surface area contributed by atoms with Gasteiger partial charge in [-0.15, -0.1) is 0 Å². The van der Waals surface area contributed by atoms with Crippen molar-refractivity contribution in [3.8, 4) is 0 Å². The van der Waals surface area contributed by atoms with Crippen molar-refractivity contribution in [2.45, 2.75) is 57.5 Å². The summed E-state index contributed by atoms with van der Waals surface area (Å²) in [6, 6.07) is 7.42. The number of hydrogen-bond acceptors (Lipinski definition) is 6. The van der Waals surface area contributed by atoms with E-state index in [1.807, 2.05) is 18.2 Å². The van der Waals surface area contributed by atoms with E-state index < -0.39 is 0 Å². The number of para-hydroxylation sites is 1. The van der Waals surface area contributed by atoms with E-state index in [2.05, 4.69) is 25.2 Å². The molecule has 2 aliphatic rings. The van der Waals surface area contributed by atoms with Gasteiger partial charge in [-0.2, -0.15) is 0 Å². The molecule has 1 N–H and O–H groups in total. The minimum absolute atomic E-state index is 0.0251. The quantitative estimate of drug-likeness (QED) is 0.665. The maximum absolute atomic E-state index is 12.6. The third kappa shape index (κ3) is 4.22. The SMILES string of the molecule is O=C(CCn1cnc2ccccc2c1=O)NC1CCN(c2ncnc3c2CCCC3)CC1. The highest BCUT2D eigenvalue weighted by atomic mass is 16.2. The molecular weight excluding hydrogens is 404 g/mol. The van der Waals surface area contributed by atoms with E-state index >= 15 is 0 Å². The lowest BCUT2D eigenvalue weighted by molar-refractivity contribution is -0.122. The van der Waals surface area contributed by atoms with Crippen LogP contribution in [0.2, 0.25) is 0 Å². The van der Waals surface area contributed by atoms with E-state index in [9.17, 15) is 9.59 Å². The van der Waals surface area contributed by atoms with Crippen molar-refractivity contribution in [1.29, 1.82) is 0 Å². The molecule has 32 heavy (non-hydrogen) atoms. The van der Waals surface area contributed by atoms with Crippen LogP contribution in [0, 0.1) is 0 Å². The summed E-state index contributed by atoms with van der Waals surface area (Å²) in [5.41, 5.74) is 3.09. The fraction of sp³-hybridized carbons (Fsp3) is 0.458. The van der Waals surface area contributed by atoms with Gasteiger partial charge in [-0.1, -0.05) is 12.1 Å². The summed E-state index contributed by atoms with van der Waals surface area (Å²) in [6.07, 6.45) is 9.78. The first-order valence-electron chi connectivity index (χ1n) is 11.5. The zero-order valence-corrected chi connectivity index (χ0v) is 18.2. The van der Waals surface area contributed by atoms with Crippen LogP contribution in [0.25, 0.3) is 10.9 Å². The molecule has 8 nitrogen and oxygen atoms in total. The van der Waals surface area contributed by atoms with Crippen LogP contribution in [-0.4, -0.2) is 44.6 Å². The summed E-state index contributed by atoms with van der Waals surface area (Å²) in [5, 5.41) is 3.72. The number of fused-ring (bicyclic) bond motifs is 2. The van der Waals surface area contributed by atoms with Gasteiger partial charge in [-0.25, -0.2) is 15.0 Å². The second kappa shape index (κ2) is 9.06. The van der Waals surface area contributed by atoms with Gasteiger partial charge < -0.3 is 10.2 Å². The summed E-state index contributed by atoms with van der Waals surface area (Å²) < 4.78 is 1.52. The van der Waals surface area contributed by atoms with Gasteiger partial charge in [0.05, 0.1) is 17.2 Å². The molecule has 0 unspecified atom stereocenters. The third-order valence-corrected chi connectivity index (χ3v) is 6.57. The van der Waals surface area contributed by atoms with Crippen molar-refractivity contribution in [2.75, 3.05) is 18.0 Å². The molecule has 0 spiro atoms. The first-order valence-corrected chi connectivity index (χ1v) is 11.5. The molecule has 3 aromatic rings. The highest BCUT2D eigenvalue weighted by Crippen LogP contribution is 2.28. The second-order valence-corrected chi connectivity index (χ2v) is 8.67. The Morgan fingerprint density at radius 3 is 2.75 bits per heavy atom. The molecule has 1 aromatic carbocycles. The monoisotopic (exact) mass is 432 g/mol. The molecule has 5 rings (SSSR count). The van der Waals surface area contributed by atoms with Crippen LogP contribution in [0.1, 0.15) is 43.4 Å². The topological polar surface area (TPSA) is 93.0 Å². The number of anilines is 1. The largest absolute Gasteiger partial charge is 0.356 e. The Morgan fingerprint density at radius 1 is 1.06 bits per heavy atom. The first-order chi connectivity index (χ1) is 15.7. The molecule has 0 atom stereocenters. The Morgan fingerprint density at radius 2 is 1.88 bits per heavy atom. The predicted molar refractivity (Wildman–Crippen MR) is 123 cm³/mol. The molecule has 1 amide bonds. The Labute approximate surface area is 186 Å². The number of piperidine rings is 1. The van der Waals surface area contributed by atoms with Gasteiger partial charge in [0.25, 0.3) is 5.56 Å². The zero-order valence-electron chi connectivity index (χ0n) is 18.2. The van der Waals surface area contributed by atoms with Gasteiger partial charge in [-0.3, -0.25) is 14.2 Å². The fourth-order valence-electron chi connectivity index (χ4n) is 4.80. The lowest BCUT2D eigenvalue weighted by Gasteiger charge is -2.35. The van der Waals surface area contributed by atoms with E-state index in [1.165, 1.54) is 35.0 Å². The zero-order chi connectivity index (χ0) is 21.9. The molecule has 8 heteroatoms. The molecule has 166 valence electrons. The van der Waals surface area contributed by atoms with E-state index in [0.717, 1.165) is 44.6 Å². The molecule has 0 radical (unpaired) electrons. The number of carbonyl (C=O) groups excluding carboxylic acids is 1. The third-order valence-electron chi connectivity index (χ3n) is 6.57. The van der Waals surface area contributed by atoms with Crippen molar-refractivity contribution < 1.29 is 4.79 Å². The van der Waals surface area contributed by atoms with E-state index in [-0.39, 0.29) is 23.9 Å². The van der Waals surface area contributed by atoms with Gasteiger partial charge >= 0.3 is 0 Å². The smallest absolute Gasteiger partial charge is 0.261 e. The average Bonchev–Trinajstić information content (AvgIpc) is 2.84. The van der Waals surface area contributed by atoms with Gasteiger partial charge in [0, 0.05) is 43.4 Å². The summed E-state index contributed by atoms with van der Waals surface area (Å²) in [4.78, 5) is 40.8. The number of amides is 1. The summed E-state index contributed by atoms with van der Waals surface area (Å²) in [5.74, 6) is 1.06. The van der Waals surface area contributed by atoms with Crippen LogP contribution in [0.5, 0.6) is 0 Å². The van der Waals surface area contributed by atoms with Crippen molar-refractivity contribution >= 4 is 22.6 Å². The van der Waals surface area contributed by atoms with Crippen LogP contribution < -0.4 is 15.8 Å². The number of carbonyl (C=O) groups is 1. The van der Waals surface area contributed by atoms with Gasteiger partial charge in [0.2, 0.25) is 5.91 Å². The Bertz CT molecular complexity index is 1180. The number of aryl methyl sites for hydroxylation is 2. The Kier molecular flexibility index (Phi) is 5.83. The van der Waals surface area contributed by atoms with E-state index in [1.54, 1.807) is 12.4 Å². The van der Waals surface area contributed by atoms with Gasteiger partial charge in [0.15, 0.2) is 0 Å². The van der Waals surface area contributed by atoms with Crippen LogP contribution >= 0.6 is 0 Å². The first kappa shape index (κ1) is 20.6. The van der Waals surface area contributed by atoms with Crippen molar-refractivity contribution in [3.05, 3.63) is 58.5 Å². The van der Waals surface area contributed by atoms with Crippen molar-refractivity contribution in [3.63, 3.8) is 0 Å². The number of benzene rings is 1.